The monoisotopic (exact) mass is 230 g/mol. The van der Waals surface area contributed by atoms with Crippen molar-refractivity contribution < 1.29 is 5.11 Å². The minimum atomic E-state index is -0.463. The highest BCUT2D eigenvalue weighted by molar-refractivity contribution is 5.82. The molecule has 3 heteroatoms. The largest absolute Gasteiger partial charge is 0.390 e. The quantitative estimate of drug-likeness (QED) is 0.724. The third kappa shape index (κ3) is 3.27. The maximum absolute atomic E-state index is 9.32. The molecule has 0 heterocycles. The van der Waals surface area contributed by atoms with E-state index in [1.807, 2.05) is 12.1 Å². The van der Waals surface area contributed by atoms with Crippen LogP contribution in [-0.4, -0.2) is 24.3 Å². The average Bonchev–Trinajstić information content (AvgIpc) is 2.38. The van der Waals surface area contributed by atoms with E-state index in [9.17, 15) is 5.11 Å². The van der Waals surface area contributed by atoms with Crippen LogP contribution in [0.1, 0.15) is 5.56 Å². The first kappa shape index (κ1) is 12.0. The Balaban J connectivity index is 1.99. The van der Waals surface area contributed by atoms with Crippen LogP contribution in [0.4, 0.5) is 0 Å². The lowest BCUT2D eigenvalue weighted by molar-refractivity contribution is 0.179. The lowest BCUT2D eigenvalue weighted by Gasteiger charge is -2.09. The van der Waals surface area contributed by atoms with Crippen LogP contribution in [0, 0.1) is 0 Å². The molecule has 2 rings (SSSR count). The predicted octanol–water partition coefficient (Wildman–Crippen LogP) is 1.25. The van der Waals surface area contributed by atoms with Crippen LogP contribution in [-0.2, 0) is 6.54 Å². The maximum atomic E-state index is 9.32. The van der Waals surface area contributed by atoms with E-state index >= 15 is 0 Å². The number of fused-ring (bicyclic) bond motifs is 1. The van der Waals surface area contributed by atoms with Crippen molar-refractivity contribution in [2.24, 2.45) is 5.73 Å². The fraction of sp³-hybridized carbons (Fsp3) is 0.286. The second-order valence-corrected chi connectivity index (χ2v) is 4.20. The van der Waals surface area contributed by atoms with E-state index < -0.39 is 6.10 Å². The molecule has 0 fully saturated rings. The van der Waals surface area contributed by atoms with Gasteiger partial charge in [0, 0.05) is 19.6 Å². The third-order valence-electron chi connectivity index (χ3n) is 2.80. The summed E-state index contributed by atoms with van der Waals surface area (Å²) in [5.41, 5.74) is 6.55. The van der Waals surface area contributed by atoms with Gasteiger partial charge in [0.25, 0.3) is 0 Å². The Morgan fingerprint density at radius 1 is 1.12 bits per heavy atom. The summed E-state index contributed by atoms with van der Waals surface area (Å²) in [6, 6.07) is 14.7. The Morgan fingerprint density at radius 3 is 2.65 bits per heavy atom. The summed E-state index contributed by atoms with van der Waals surface area (Å²) in [7, 11) is 0. The minimum absolute atomic E-state index is 0.296. The molecule has 4 N–H and O–H groups in total. The van der Waals surface area contributed by atoms with Gasteiger partial charge >= 0.3 is 0 Å². The molecule has 0 aliphatic carbocycles. The highest BCUT2D eigenvalue weighted by Gasteiger charge is 2.00. The Bertz CT molecular complexity index is 484. The van der Waals surface area contributed by atoms with E-state index in [0.717, 1.165) is 6.54 Å². The van der Waals surface area contributed by atoms with Gasteiger partial charge in [0.1, 0.15) is 0 Å². The zero-order valence-corrected chi connectivity index (χ0v) is 9.76. The number of aliphatic hydroxyl groups is 1. The summed E-state index contributed by atoms with van der Waals surface area (Å²) in [6.45, 7) is 1.58. The van der Waals surface area contributed by atoms with Crippen molar-refractivity contribution >= 4 is 10.8 Å². The molecule has 0 spiro atoms. The fourth-order valence-electron chi connectivity index (χ4n) is 1.82. The number of aliphatic hydroxyl groups excluding tert-OH is 1. The molecule has 17 heavy (non-hydrogen) atoms. The van der Waals surface area contributed by atoms with Crippen LogP contribution in [0.3, 0.4) is 0 Å². The molecular weight excluding hydrogens is 212 g/mol. The highest BCUT2D eigenvalue weighted by Crippen LogP contribution is 2.15. The Morgan fingerprint density at radius 2 is 1.88 bits per heavy atom. The Labute approximate surface area is 101 Å². The van der Waals surface area contributed by atoms with Crippen molar-refractivity contribution in [1.82, 2.24) is 5.32 Å². The van der Waals surface area contributed by atoms with Crippen molar-refractivity contribution in [3.05, 3.63) is 48.0 Å². The molecule has 2 aromatic carbocycles. The van der Waals surface area contributed by atoms with Crippen LogP contribution in [0.15, 0.2) is 42.5 Å². The fourth-order valence-corrected chi connectivity index (χ4v) is 1.82. The smallest absolute Gasteiger partial charge is 0.0786 e. The Hall–Kier alpha value is -1.42. The molecule has 0 amide bonds. The van der Waals surface area contributed by atoms with Gasteiger partial charge in [-0.25, -0.2) is 0 Å². The van der Waals surface area contributed by atoms with Crippen molar-refractivity contribution in [3.8, 4) is 0 Å². The SMILES string of the molecule is NCC(O)CNCc1ccc2ccccc2c1. The lowest BCUT2D eigenvalue weighted by atomic mass is 10.1. The number of nitrogens with one attached hydrogen (secondary N) is 1. The third-order valence-corrected chi connectivity index (χ3v) is 2.80. The standard InChI is InChI=1S/C14H18N2O/c15-8-14(17)10-16-9-11-5-6-12-3-1-2-4-13(12)7-11/h1-7,14,16-17H,8-10,15H2. The van der Waals surface area contributed by atoms with E-state index in [0.29, 0.717) is 13.1 Å². The van der Waals surface area contributed by atoms with Crippen LogP contribution < -0.4 is 11.1 Å². The highest BCUT2D eigenvalue weighted by atomic mass is 16.3. The molecule has 0 aliphatic rings. The van der Waals surface area contributed by atoms with Gasteiger partial charge in [0.05, 0.1) is 6.10 Å². The summed E-state index contributed by atoms with van der Waals surface area (Å²) < 4.78 is 0. The molecule has 0 radical (unpaired) electrons. The van der Waals surface area contributed by atoms with Crippen LogP contribution in [0.2, 0.25) is 0 Å². The lowest BCUT2D eigenvalue weighted by Crippen LogP contribution is -2.32. The summed E-state index contributed by atoms with van der Waals surface area (Å²) in [5, 5.41) is 15.0. The summed E-state index contributed by atoms with van der Waals surface area (Å²) in [5.74, 6) is 0. The number of hydrogen-bond acceptors (Lipinski definition) is 3. The van der Waals surface area contributed by atoms with E-state index in [1.54, 1.807) is 0 Å². The molecule has 0 bridgehead atoms. The number of hydrogen-bond donors (Lipinski definition) is 3. The molecular formula is C14H18N2O. The van der Waals surface area contributed by atoms with E-state index in [2.05, 4.69) is 35.6 Å². The molecule has 0 saturated carbocycles. The average molecular weight is 230 g/mol. The zero-order chi connectivity index (χ0) is 12.1. The van der Waals surface area contributed by atoms with Gasteiger partial charge in [-0.15, -0.1) is 0 Å². The zero-order valence-electron chi connectivity index (χ0n) is 9.76. The molecule has 1 atom stereocenters. The molecule has 0 aromatic heterocycles. The molecule has 90 valence electrons. The predicted molar refractivity (Wildman–Crippen MR) is 70.7 cm³/mol. The van der Waals surface area contributed by atoms with Crippen molar-refractivity contribution in [2.75, 3.05) is 13.1 Å². The molecule has 3 nitrogen and oxygen atoms in total. The van der Waals surface area contributed by atoms with Gasteiger partial charge in [-0.1, -0.05) is 36.4 Å². The van der Waals surface area contributed by atoms with Crippen LogP contribution in [0.5, 0.6) is 0 Å². The molecule has 1 unspecified atom stereocenters. The van der Waals surface area contributed by atoms with Gasteiger partial charge in [-0.3, -0.25) is 0 Å². The summed E-state index contributed by atoms with van der Waals surface area (Å²) in [6.07, 6.45) is -0.463. The minimum Gasteiger partial charge on any atom is -0.390 e. The van der Waals surface area contributed by atoms with Gasteiger partial charge < -0.3 is 16.2 Å². The number of nitrogens with two attached hydrogens (primary N) is 1. The Kier molecular flexibility index (Phi) is 4.09. The normalized spacial score (nSPS) is 12.8. The number of benzene rings is 2. The maximum Gasteiger partial charge on any atom is 0.0786 e. The second kappa shape index (κ2) is 5.77. The van der Waals surface area contributed by atoms with Crippen molar-refractivity contribution in [3.63, 3.8) is 0 Å². The number of rotatable bonds is 5. The van der Waals surface area contributed by atoms with Crippen molar-refractivity contribution in [2.45, 2.75) is 12.6 Å². The first-order chi connectivity index (χ1) is 8.29. The molecule has 0 aliphatic heterocycles. The first-order valence-electron chi connectivity index (χ1n) is 5.86. The van der Waals surface area contributed by atoms with Crippen LogP contribution >= 0.6 is 0 Å². The summed E-state index contributed by atoms with van der Waals surface area (Å²) >= 11 is 0. The van der Waals surface area contributed by atoms with E-state index in [-0.39, 0.29) is 0 Å². The topological polar surface area (TPSA) is 58.3 Å². The molecule has 0 saturated heterocycles. The van der Waals surface area contributed by atoms with Gasteiger partial charge in [-0.05, 0) is 22.4 Å². The van der Waals surface area contributed by atoms with Gasteiger partial charge in [0.2, 0.25) is 0 Å². The van der Waals surface area contributed by atoms with Crippen molar-refractivity contribution in [1.29, 1.82) is 0 Å². The second-order valence-electron chi connectivity index (χ2n) is 4.20. The van der Waals surface area contributed by atoms with Gasteiger partial charge in [-0.2, -0.15) is 0 Å². The van der Waals surface area contributed by atoms with E-state index in [1.165, 1.54) is 16.3 Å². The molecule has 2 aromatic rings. The van der Waals surface area contributed by atoms with Crippen LogP contribution in [0.25, 0.3) is 10.8 Å². The van der Waals surface area contributed by atoms with E-state index in [4.69, 9.17) is 5.73 Å². The first-order valence-corrected chi connectivity index (χ1v) is 5.86. The van der Waals surface area contributed by atoms with Gasteiger partial charge in [0.15, 0.2) is 0 Å². The summed E-state index contributed by atoms with van der Waals surface area (Å²) in [4.78, 5) is 0.